The van der Waals surface area contributed by atoms with Crippen molar-refractivity contribution in [1.29, 1.82) is 0 Å². The predicted octanol–water partition coefficient (Wildman–Crippen LogP) is 1.21. The molecule has 108 valence electrons. The summed E-state index contributed by atoms with van der Waals surface area (Å²) in [5.41, 5.74) is 0.822. The fourth-order valence-corrected chi connectivity index (χ4v) is 2.95. The lowest BCUT2D eigenvalue weighted by molar-refractivity contribution is -0.124. The van der Waals surface area contributed by atoms with E-state index in [1.807, 2.05) is 38.2 Å². The van der Waals surface area contributed by atoms with Crippen molar-refractivity contribution in [2.45, 2.75) is 29.5 Å². The minimum Gasteiger partial charge on any atom is -0.355 e. The topological polar surface area (TPSA) is 70.2 Å². The van der Waals surface area contributed by atoms with Crippen LogP contribution in [0.25, 0.3) is 0 Å². The van der Waals surface area contributed by atoms with E-state index in [-0.39, 0.29) is 29.5 Å². The zero-order chi connectivity index (χ0) is 14.5. The molecule has 1 aromatic carbocycles. The summed E-state index contributed by atoms with van der Waals surface area (Å²) in [5, 5.41) is 8.35. The highest BCUT2D eigenvalue weighted by Gasteiger charge is 2.28. The number of hydrogen-bond donors (Lipinski definition) is 3. The number of benzene rings is 1. The van der Waals surface area contributed by atoms with E-state index in [0.29, 0.717) is 6.54 Å². The van der Waals surface area contributed by atoms with Gasteiger partial charge in [0, 0.05) is 23.9 Å². The van der Waals surface area contributed by atoms with Crippen LogP contribution in [0, 0.1) is 0 Å². The van der Waals surface area contributed by atoms with E-state index in [4.69, 9.17) is 0 Å². The molecule has 2 unspecified atom stereocenters. The number of likely N-dealkylation sites (N-methyl/N-ethyl adjacent to an activating group) is 1. The van der Waals surface area contributed by atoms with Gasteiger partial charge in [-0.3, -0.25) is 9.59 Å². The summed E-state index contributed by atoms with van der Waals surface area (Å²) < 4.78 is 0. The Morgan fingerprint density at radius 1 is 1.45 bits per heavy atom. The van der Waals surface area contributed by atoms with Gasteiger partial charge >= 0.3 is 0 Å². The quantitative estimate of drug-likeness (QED) is 0.763. The minimum atomic E-state index is -0.366. The van der Waals surface area contributed by atoms with E-state index in [2.05, 4.69) is 16.0 Å². The number of fused-ring (bicyclic) bond motifs is 1. The van der Waals surface area contributed by atoms with E-state index < -0.39 is 0 Å². The van der Waals surface area contributed by atoms with E-state index in [1.165, 1.54) is 11.8 Å². The summed E-state index contributed by atoms with van der Waals surface area (Å²) >= 11 is 1.44. The molecule has 0 aliphatic carbocycles. The van der Waals surface area contributed by atoms with Crippen LogP contribution >= 0.6 is 11.8 Å². The Bertz CT molecular complexity index is 507. The van der Waals surface area contributed by atoms with Gasteiger partial charge in [-0.1, -0.05) is 12.1 Å². The molecule has 2 rings (SSSR count). The highest BCUT2D eigenvalue weighted by molar-refractivity contribution is 8.01. The zero-order valence-electron chi connectivity index (χ0n) is 11.6. The molecule has 0 radical (unpaired) electrons. The number of nitrogens with one attached hydrogen (secondary N) is 3. The third-order valence-corrected chi connectivity index (χ3v) is 4.45. The first-order chi connectivity index (χ1) is 9.60. The average molecular weight is 293 g/mol. The molecule has 0 bridgehead atoms. The molecular weight excluding hydrogens is 274 g/mol. The van der Waals surface area contributed by atoms with Crippen LogP contribution in [0.15, 0.2) is 29.2 Å². The maximum Gasteiger partial charge on any atom is 0.238 e. The Hall–Kier alpha value is -1.53. The molecule has 1 aliphatic rings. The standard InChI is InChI=1S/C14H19N3O2S/c1-9(15-2)8-16-13(18)7-12-14(19)17-10-5-3-4-6-11(10)20-12/h3-6,9,12,15H,7-8H2,1-2H3,(H,16,18)(H,17,19). The Balaban J connectivity index is 1.91. The van der Waals surface area contributed by atoms with Gasteiger partial charge in [0.1, 0.15) is 0 Å². The molecular formula is C14H19N3O2S. The van der Waals surface area contributed by atoms with Crippen molar-refractivity contribution in [3.05, 3.63) is 24.3 Å². The first-order valence-corrected chi connectivity index (χ1v) is 7.48. The molecule has 1 aromatic rings. The first kappa shape index (κ1) is 14.9. The average Bonchev–Trinajstić information content (AvgIpc) is 2.45. The maximum absolute atomic E-state index is 12.0. The van der Waals surface area contributed by atoms with E-state index in [0.717, 1.165) is 10.6 Å². The van der Waals surface area contributed by atoms with Crippen molar-refractivity contribution in [1.82, 2.24) is 10.6 Å². The van der Waals surface area contributed by atoms with E-state index in [9.17, 15) is 9.59 Å². The predicted molar refractivity (Wildman–Crippen MR) is 80.9 cm³/mol. The van der Waals surface area contributed by atoms with Crippen LogP contribution in [0.3, 0.4) is 0 Å². The Morgan fingerprint density at radius 3 is 2.95 bits per heavy atom. The number of amides is 2. The van der Waals surface area contributed by atoms with E-state index >= 15 is 0 Å². The summed E-state index contributed by atoms with van der Waals surface area (Å²) in [6, 6.07) is 7.84. The number of rotatable bonds is 5. The second-order valence-corrected chi connectivity index (χ2v) is 6.03. The Labute approximate surface area is 122 Å². The highest BCUT2D eigenvalue weighted by Crippen LogP contribution is 2.36. The molecule has 0 fully saturated rings. The second kappa shape index (κ2) is 6.76. The van der Waals surface area contributed by atoms with Crippen LogP contribution in [0.1, 0.15) is 13.3 Å². The van der Waals surface area contributed by atoms with Gasteiger partial charge in [-0.05, 0) is 26.1 Å². The van der Waals surface area contributed by atoms with Crippen molar-refractivity contribution < 1.29 is 9.59 Å². The lowest BCUT2D eigenvalue weighted by atomic mass is 10.2. The summed E-state index contributed by atoms with van der Waals surface area (Å²) in [4.78, 5) is 24.8. The van der Waals surface area contributed by atoms with Crippen LogP contribution in [0.2, 0.25) is 0 Å². The molecule has 6 heteroatoms. The molecule has 2 atom stereocenters. The van der Waals surface area contributed by atoms with Crippen molar-refractivity contribution in [2.24, 2.45) is 0 Å². The molecule has 0 saturated carbocycles. The summed E-state index contributed by atoms with van der Waals surface area (Å²) in [7, 11) is 1.85. The lowest BCUT2D eigenvalue weighted by Gasteiger charge is -2.23. The molecule has 1 heterocycles. The van der Waals surface area contributed by atoms with Gasteiger partial charge in [0.2, 0.25) is 11.8 Å². The zero-order valence-corrected chi connectivity index (χ0v) is 12.4. The van der Waals surface area contributed by atoms with Crippen LogP contribution in [0.4, 0.5) is 5.69 Å². The van der Waals surface area contributed by atoms with Gasteiger partial charge in [-0.25, -0.2) is 0 Å². The minimum absolute atomic E-state index is 0.0980. The van der Waals surface area contributed by atoms with Gasteiger partial charge in [-0.2, -0.15) is 0 Å². The van der Waals surface area contributed by atoms with Crippen molar-refractivity contribution >= 4 is 29.3 Å². The molecule has 0 saturated heterocycles. The molecule has 1 aliphatic heterocycles. The maximum atomic E-state index is 12.0. The van der Waals surface area contributed by atoms with Crippen molar-refractivity contribution in [2.75, 3.05) is 18.9 Å². The fourth-order valence-electron chi connectivity index (χ4n) is 1.84. The molecule has 5 nitrogen and oxygen atoms in total. The second-order valence-electron chi connectivity index (χ2n) is 4.79. The van der Waals surface area contributed by atoms with Gasteiger partial charge in [0.15, 0.2) is 0 Å². The molecule has 0 aromatic heterocycles. The monoisotopic (exact) mass is 293 g/mol. The normalized spacial score (nSPS) is 18.9. The van der Waals surface area contributed by atoms with Gasteiger partial charge in [0.05, 0.1) is 10.9 Å². The van der Waals surface area contributed by atoms with Crippen LogP contribution in [-0.2, 0) is 9.59 Å². The fraction of sp³-hybridized carbons (Fsp3) is 0.429. The van der Waals surface area contributed by atoms with Crippen LogP contribution in [0.5, 0.6) is 0 Å². The smallest absolute Gasteiger partial charge is 0.238 e. The molecule has 20 heavy (non-hydrogen) atoms. The van der Waals surface area contributed by atoms with Gasteiger partial charge in [0.25, 0.3) is 0 Å². The molecule has 0 spiro atoms. The third kappa shape index (κ3) is 3.74. The summed E-state index contributed by atoms with van der Waals surface area (Å²) in [6.07, 6.45) is 0.196. The summed E-state index contributed by atoms with van der Waals surface area (Å²) in [6.45, 7) is 2.55. The number of carbonyl (C=O) groups excluding carboxylic acids is 2. The van der Waals surface area contributed by atoms with Gasteiger partial charge in [-0.15, -0.1) is 11.8 Å². The van der Waals surface area contributed by atoms with Crippen molar-refractivity contribution in [3.8, 4) is 0 Å². The Morgan fingerprint density at radius 2 is 2.20 bits per heavy atom. The number of thioether (sulfide) groups is 1. The molecule has 3 N–H and O–H groups in total. The lowest BCUT2D eigenvalue weighted by Crippen LogP contribution is -2.40. The van der Waals surface area contributed by atoms with Crippen LogP contribution in [-0.4, -0.2) is 36.7 Å². The number of anilines is 1. The number of carbonyl (C=O) groups is 2. The van der Waals surface area contributed by atoms with Gasteiger partial charge < -0.3 is 16.0 Å². The largest absolute Gasteiger partial charge is 0.355 e. The molecule has 2 amide bonds. The third-order valence-electron chi connectivity index (χ3n) is 3.18. The summed E-state index contributed by atoms with van der Waals surface area (Å²) in [5.74, 6) is -0.204. The number of hydrogen-bond acceptors (Lipinski definition) is 4. The highest BCUT2D eigenvalue weighted by atomic mass is 32.2. The van der Waals surface area contributed by atoms with Crippen LogP contribution < -0.4 is 16.0 Å². The first-order valence-electron chi connectivity index (χ1n) is 6.60. The van der Waals surface area contributed by atoms with E-state index in [1.54, 1.807) is 0 Å². The number of para-hydroxylation sites is 1. The van der Waals surface area contributed by atoms with Crippen molar-refractivity contribution in [3.63, 3.8) is 0 Å². The Kier molecular flexibility index (Phi) is 5.03. The SMILES string of the molecule is CNC(C)CNC(=O)CC1Sc2ccccc2NC1=O.